The summed E-state index contributed by atoms with van der Waals surface area (Å²) in [5.74, 6) is 1.88. The van der Waals surface area contributed by atoms with Gasteiger partial charge in [-0.05, 0) is 38.5 Å². The van der Waals surface area contributed by atoms with E-state index >= 15 is 0 Å². The van der Waals surface area contributed by atoms with Gasteiger partial charge >= 0.3 is 0 Å². The van der Waals surface area contributed by atoms with Crippen molar-refractivity contribution in [1.82, 2.24) is 21.1 Å². The lowest BCUT2D eigenvalue weighted by Gasteiger charge is -2.30. The average Bonchev–Trinajstić information content (AvgIpc) is 3.33. The van der Waals surface area contributed by atoms with Crippen molar-refractivity contribution in [1.29, 1.82) is 0 Å². The van der Waals surface area contributed by atoms with Crippen LogP contribution in [0.15, 0.2) is 15.6 Å². The number of aryl methyl sites for hydroxylation is 1. The van der Waals surface area contributed by atoms with Crippen LogP contribution in [0.3, 0.4) is 0 Å². The van der Waals surface area contributed by atoms with Crippen LogP contribution in [0.5, 0.6) is 0 Å². The monoisotopic (exact) mass is 475 g/mol. The van der Waals surface area contributed by atoms with Crippen molar-refractivity contribution in [2.45, 2.75) is 70.5 Å². The molecule has 0 radical (unpaired) electrons. The fourth-order valence-electron chi connectivity index (χ4n) is 3.27. The van der Waals surface area contributed by atoms with Gasteiger partial charge in [0.25, 0.3) is 0 Å². The lowest BCUT2D eigenvalue weighted by Crippen LogP contribution is -2.47. The van der Waals surface area contributed by atoms with Crippen LogP contribution in [0.4, 0.5) is 0 Å². The summed E-state index contributed by atoms with van der Waals surface area (Å²) in [6.07, 6.45) is 7.12. The molecule has 2 unspecified atom stereocenters. The van der Waals surface area contributed by atoms with Gasteiger partial charge in [0.1, 0.15) is 0 Å². The van der Waals surface area contributed by atoms with Crippen LogP contribution < -0.4 is 16.0 Å². The highest BCUT2D eigenvalue weighted by Crippen LogP contribution is 2.26. The average molecular weight is 475 g/mol. The molecule has 0 aromatic carbocycles. The third-order valence-corrected chi connectivity index (χ3v) is 4.93. The Morgan fingerprint density at radius 1 is 1.27 bits per heavy atom. The molecule has 0 saturated heterocycles. The Morgan fingerprint density at radius 3 is 2.73 bits per heavy atom. The molecule has 2 saturated carbocycles. The minimum Gasteiger partial charge on any atom is -0.359 e. The van der Waals surface area contributed by atoms with Crippen molar-refractivity contribution in [3.05, 3.63) is 17.5 Å². The molecule has 26 heavy (non-hydrogen) atoms. The molecule has 2 fully saturated rings. The van der Waals surface area contributed by atoms with E-state index in [0.29, 0.717) is 12.6 Å². The summed E-state index contributed by atoms with van der Waals surface area (Å²) in [4.78, 5) is 16.6. The molecular formula is C18H30IN5O2. The smallest absolute Gasteiger partial charge is 0.223 e. The Kier molecular flexibility index (Phi) is 8.17. The van der Waals surface area contributed by atoms with Crippen LogP contribution in [0, 0.1) is 5.92 Å². The van der Waals surface area contributed by atoms with Gasteiger partial charge in [-0.2, -0.15) is 0 Å². The predicted octanol–water partition coefficient (Wildman–Crippen LogP) is 2.36. The first-order chi connectivity index (χ1) is 12.2. The van der Waals surface area contributed by atoms with E-state index in [0.717, 1.165) is 62.4 Å². The molecule has 1 heterocycles. The number of hydrogen-bond donors (Lipinski definition) is 3. The summed E-state index contributed by atoms with van der Waals surface area (Å²) in [6.45, 7) is 2.60. The number of aliphatic imine (C=N–C) groups is 1. The number of guanidine groups is 1. The molecule has 2 aliphatic carbocycles. The number of halogens is 1. The van der Waals surface area contributed by atoms with Crippen molar-refractivity contribution >= 4 is 35.8 Å². The molecule has 7 nitrogen and oxygen atoms in total. The van der Waals surface area contributed by atoms with Crippen LogP contribution in [0.1, 0.15) is 56.9 Å². The lowest BCUT2D eigenvalue weighted by molar-refractivity contribution is -0.126. The molecule has 3 N–H and O–H groups in total. The molecule has 2 atom stereocenters. The van der Waals surface area contributed by atoms with Gasteiger partial charge in [0.15, 0.2) is 11.7 Å². The van der Waals surface area contributed by atoms with E-state index in [2.05, 4.69) is 33.0 Å². The SMILES string of the molecule is CCc1cc(CNC(=NC)NC2CCCC(C(=O)NC3CC3)C2)on1.I. The molecule has 0 aliphatic heterocycles. The zero-order valence-corrected chi connectivity index (χ0v) is 17.9. The van der Waals surface area contributed by atoms with Gasteiger partial charge in [0.2, 0.25) is 5.91 Å². The van der Waals surface area contributed by atoms with E-state index in [9.17, 15) is 4.79 Å². The first kappa shape index (κ1) is 21.0. The second-order valence-corrected chi connectivity index (χ2v) is 7.05. The van der Waals surface area contributed by atoms with Crippen LogP contribution in [0.2, 0.25) is 0 Å². The van der Waals surface area contributed by atoms with Crippen molar-refractivity contribution in [2.75, 3.05) is 7.05 Å². The number of nitrogens with one attached hydrogen (secondary N) is 3. The number of carbonyl (C=O) groups is 1. The number of rotatable bonds is 6. The summed E-state index contributed by atoms with van der Waals surface area (Å²) in [5.41, 5.74) is 0.955. The Labute approximate surface area is 172 Å². The van der Waals surface area contributed by atoms with E-state index in [4.69, 9.17) is 4.52 Å². The molecule has 1 aromatic heterocycles. The highest BCUT2D eigenvalue weighted by molar-refractivity contribution is 14.0. The van der Waals surface area contributed by atoms with Crippen LogP contribution >= 0.6 is 24.0 Å². The standard InChI is InChI=1S/C18H29N5O2.HI/c1-3-13-10-16(25-23-13)11-20-18(19-2)22-15-6-4-5-12(9-15)17(24)21-14-7-8-14;/h10,12,14-15H,3-9,11H2,1-2H3,(H,21,24)(H2,19,20,22);1H. The molecule has 3 rings (SSSR count). The van der Waals surface area contributed by atoms with E-state index in [1.165, 1.54) is 0 Å². The van der Waals surface area contributed by atoms with E-state index in [-0.39, 0.29) is 41.8 Å². The van der Waals surface area contributed by atoms with Gasteiger partial charge in [0.05, 0.1) is 12.2 Å². The quantitative estimate of drug-likeness (QED) is 0.334. The molecule has 0 spiro atoms. The Hall–Kier alpha value is -1.32. The minimum atomic E-state index is 0. The van der Waals surface area contributed by atoms with Gasteiger partial charge in [-0.25, -0.2) is 0 Å². The number of aromatic nitrogens is 1. The van der Waals surface area contributed by atoms with Gasteiger partial charge < -0.3 is 20.5 Å². The number of hydrogen-bond acceptors (Lipinski definition) is 4. The molecule has 1 aromatic rings. The van der Waals surface area contributed by atoms with Crippen molar-refractivity contribution in [2.24, 2.45) is 10.9 Å². The zero-order valence-electron chi connectivity index (χ0n) is 15.6. The van der Waals surface area contributed by atoms with Crippen LogP contribution in [-0.4, -0.2) is 36.2 Å². The second kappa shape index (κ2) is 10.1. The summed E-state index contributed by atoms with van der Waals surface area (Å²) in [6, 6.07) is 2.67. The fourth-order valence-corrected chi connectivity index (χ4v) is 3.27. The van der Waals surface area contributed by atoms with E-state index < -0.39 is 0 Å². The summed E-state index contributed by atoms with van der Waals surface area (Å²) < 4.78 is 5.28. The number of amides is 1. The predicted molar refractivity (Wildman–Crippen MR) is 112 cm³/mol. The third-order valence-electron chi connectivity index (χ3n) is 4.93. The third kappa shape index (κ3) is 6.14. The van der Waals surface area contributed by atoms with Gasteiger partial charge in [-0.1, -0.05) is 18.5 Å². The minimum absolute atomic E-state index is 0. The first-order valence-electron chi connectivity index (χ1n) is 9.40. The molecule has 2 aliphatic rings. The van der Waals surface area contributed by atoms with E-state index in [1.807, 2.05) is 6.07 Å². The Balaban J connectivity index is 0.00000243. The number of nitrogens with zero attached hydrogens (tertiary/aromatic N) is 2. The first-order valence-corrected chi connectivity index (χ1v) is 9.40. The Bertz CT molecular complexity index is 614. The second-order valence-electron chi connectivity index (χ2n) is 7.05. The Morgan fingerprint density at radius 2 is 2.08 bits per heavy atom. The van der Waals surface area contributed by atoms with Gasteiger partial charge in [-0.3, -0.25) is 9.79 Å². The van der Waals surface area contributed by atoms with E-state index in [1.54, 1.807) is 7.05 Å². The van der Waals surface area contributed by atoms with Crippen LogP contribution in [0.25, 0.3) is 0 Å². The normalized spacial score (nSPS) is 23.1. The molecule has 146 valence electrons. The maximum absolute atomic E-state index is 12.3. The largest absolute Gasteiger partial charge is 0.359 e. The summed E-state index contributed by atoms with van der Waals surface area (Å²) in [5, 5.41) is 13.8. The molecule has 1 amide bonds. The summed E-state index contributed by atoms with van der Waals surface area (Å²) in [7, 11) is 1.76. The maximum Gasteiger partial charge on any atom is 0.223 e. The fraction of sp³-hybridized carbons (Fsp3) is 0.722. The zero-order chi connectivity index (χ0) is 17.6. The molecular weight excluding hydrogens is 445 g/mol. The lowest BCUT2D eigenvalue weighted by atomic mass is 9.85. The molecule has 0 bridgehead atoms. The molecule has 8 heteroatoms. The highest BCUT2D eigenvalue weighted by Gasteiger charge is 2.31. The van der Waals surface area contributed by atoms with Crippen molar-refractivity contribution in [3.8, 4) is 0 Å². The topological polar surface area (TPSA) is 91.5 Å². The van der Waals surface area contributed by atoms with Crippen molar-refractivity contribution < 1.29 is 9.32 Å². The summed E-state index contributed by atoms with van der Waals surface area (Å²) >= 11 is 0. The van der Waals surface area contributed by atoms with Crippen LogP contribution in [-0.2, 0) is 17.8 Å². The van der Waals surface area contributed by atoms with Gasteiger partial charge in [-0.15, -0.1) is 24.0 Å². The van der Waals surface area contributed by atoms with Gasteiger partial charge in [0, 0.05) is 31.1 Å². The maximum atomic E-state index is 12.3. The number of carbonyl (C=O) groups excluding carboxylic acids is 1. The van der Waals surface area contributed by atoms with Crippen molar-refractivity contribution in [3.63, 3.8) is 0 Å². The highest BCUT2D eigenvalue weighted by atomic mass is 127.